The number of hydrogen-bond donors (Lipinski definition) is 2. The van der Waals surface area contributed by atoms with Gasteiger partial charge in [0, 0.05) is 0 Å². The van der Waals surface area contributed by atoms with Crippen LogP contribution in [0.5, 0.6) is 0 Å². The standard InChI is InChI=1S/C7H7NO4S.Cu/c8-13(11,12)6-3-1-2-5(4-6)7(9)10;/h1-4H,(H,9,10)(H2,8,11,12);/q;+2. The van der Waals surface area contributed by atoms with Gasteiger partial charge in [0.15, 0.2) is 0 Å². The summed E-state index contributed by atoms with van der Waals surface area (Å²) in [4.78, 5) is 10.2. The van der Waals surface area contributed by atoms with Crippen molar-refractivity contribution in [2.45, 2.75) is 4.90 Å². The molecule has 0 saturated carbocycles. The van der Waals surface area contributed by atoms with Crippen LogP contribution in [0, 0.1) is 0 Å². The van der Waals surface area contributed by atoms with E-state index in [1.165, 1.54) is 18.2 Å². The molecule has 0 aliphatic rings. The van der Waals surface area contributed by atoms with Crippen molar-refractivity contribution in [3.63, 3.8) is 0 Å². The van der Waals surface area contributed by atoms with Crippen LogP contribution in [0.25, 0.3) is 0 Å². The van der Waals surface area contributed by atoms with Gasteiger partial charge in [-0.05, 0) is 18.2 Å². The van der Waals surface area contributed by atoms with E-state index in [1.807, 2.05) is 0 Å². The first kappa shape index (κ1) is 13.1. The molecule has 7 heteroatoms. The van der Waals surface area contributed by atoms with Gasteiger partial charge in [-0.15, -0.1) is 0 Å². The monoisotopic (exact) mass is 264 g/mol. The van der Waals surface area contributed by atoms with Crippen LogP contribution in [0.4, 0.5) is 0 Å². The maximum atomic E-state index is 10.8. The van der Waals surface area contributed by atoms with E-state index in [9.17, 15) is 13.2 Å². The second-order valence-corrected chi connectivity index (χ2v) is 3.94. The molecule has 0 spiro atoms. The molecule has 0 amide bonds. The molecule has 0 fully saturated rings. The van der Waals surface area contributed by atoms with E-state index >= 15 is 0 Å². The van der Waals surface area contributed by atoms with Gasteiger partial charge in [-0.3, -0.25) is 0 Å². The molecule has 0 saturated heterocycles. The van der Waals surface area contributed by atoms with Gasteiger partial charge in [0.2, 0.25) is 10.0 Å². The van der Waals surface area contributed by atoms with Crippen LogP contribution in [0.3, 0.4) is 0 Å². The molecule has 14 heavy (non-hydrogen) atoms. The van der Waals surface area contributed by atoms with Crippen molar-refractivity contribution in [1.29, 1.82) is 0 Å². The number of carboxylic acids is 1. The van der Waals surface area contributed by atoms with Crippen LogP contribution in [-0.4, -0.2) is 19.5 Å². The van der Waals surface area contributed by atoms with Crippen molar-refractivity contribution in [3.05, 3.63) is 29.8 Å². The third-order valence-electron chi connectivity index (χ3n) is 1.41. The third-order valence-corrected chi connectivity index (χ3v) is 2.32. The minimum absolute atomic E-state index is 0. The number of hydrogen-bond acceptors (Lipinski definition) is 3. The van der Waals surface area contributed by atoms with Crippen LogP contribution in [0.15, 0.2) is 29.2 Å². The van der Waals surface area contributed by atoms with Gasteiger partial charge in [-0.2, -0.15) is 0 Å². The number of primary sulfonamides is 1. The van der Waals surface area contributed by atoms with E-state index < -0.39 is 16.0 Å². The summed E-state index contributed by atoms with van der Waals surface area (Å²) < 4.78 is 21.6. The zero-order chi connectivity index (χ0) is 10.1. The zero-order valence-electron chi connectivity index (χ0n) is 6.77. The molecule has 1 aromatic rings. The molecule has 0 bridgehead atoms. The smallest absolute Gasteiger partial charge is 0.478 e. The van der Waals surface area contributed by atoms with Gasteiger partial charge in [-0.25, -0.2) is 18.4 Å². The Morgan fingerprint density at radius 1 is 1.36 bits per heavy atom. The van der Waals surface area contributed by atoms with Crippen LogP contribution in [-0.2, 0) is 27.1 Å². The van der Waals surface area contributed by atoms with Crippen molar-refractivity contribution >= 4 is 16.0 Å². The molecule has 1 aromatic carbocycles. The van der Waals surface area contributed by atoms with Crippen LogP contribution in [0.2, 0.25) is 0 Å². The molecule has 0 atom stereocenters. The summed E-state index contributed by atoms with van der Waals surface area (Å²) in [5.74, 6) is -1.19. The predicted molar refractivity (Wildman–Crippen MR) is 44.8 cm³/mol. The van der Waals surface area contributed by atoms with Crippen LogP contribution < -0.4 is 5.14 Å². The molecule has 0 aromatic heterocycles. The molecule has 1 radical (unpaired) electrons. The fourth-order valence-electron chi connectivity index (χ4n) is 0.806. The molecule has 0 heterocycles. The van der Waals surface area contributed by atoms with E-state index in [0.717, 1.165) is 6.07 Å². The summed E-state index contributed by atoms with van der Waals surface area (Å²) in [7, 11) is -3.82. The summed E-state index contributed by atoms with van der Waals surface area (Å²) in [6.45, 7) is 0. The topological polar surface area (TPSA) is 97.5 Å². The quantitative estimate of drug-likeness (QED) is 0.737. The molecule has 0 unspecified atom stereocenters. The van der Waals surface area contributed by atoms with Crippen molar-refractivity contribution in [3.8, 4) is 0 Å². The molecule has 1 rings (SSSR count). The van der Waals surface area contributed by atoms with Gasteiger partial charge in [0.1, 0.15) is 0 Å². The summed E-state index contributed by atoms with van der Waals surface area (Å²) in [6, 6.07) is 4.86. The third kappa shape index (κ3) is 3.11. The van der Waals surface area contributed by atoms with Crippen molar-refractivity contribution in [1.82, 2.24) is 0 Å². The number of rotatable bonds is 2. The zero-order valence-corrected chi connectivity index (χ0v) is 8.53. The molecular weight excluding hydrogens is 258 g/mol. The minimum atomic E-state index is -3.82. The molecule has 0 aliphatic heterocycles. The maximum Gasteiger partial charge on any atom is 2.00 e. The first-order chi connectivity index (χ1) is 5.91. The normalized spacial score (nSPS) is 10.4. The number of carbonyl (C=O) groups is 1. The van der Waals surface area contributed by atoms with E-state index in [4.69, 9.17) is 10.2 Å². The molecular formula is C7H7CuNO4S+2. The van der Waals surface area contributed by atoms with Gasteiger partial charge < -0.3 is 5.11 Å². The summed E-state index contributed by atoms with van der Waals surface area (Å²) >= 11 is 0. The molecule has 3 N–H and O–H groups in total. The van der Waals surface area contributed by atoms with Gasteiger partial charge in [0.25, 0.3) is 0 Å². The number of carboxylic acid groups (broad SMARTS) is 1. The maximum absolute atomic E-state index is 10.8. The largest absolute Gasteiger partial charge is 2.00 e. The van der Waals surface area contributed by atoms with Crippen LogP contribution >= 0.6 is 0 Å². The molecule has 79 valence electrons. The van der Waals surface area contributed by atoms with Gasteiger partial charge >= 0.3 is 23.0 Å². The first-order valence-corrected chi connectivity index (χ1v) is 4.82. The first-order valence-electron chi connectivity index (χ1n) is 3.27. The summed E-state index contributed by atoms with van der Waals surface area (Å²) in [5, 5.41) is 13.3. The number of aromatic carboxylic acids is 1. The Labute approximate surface area is 91.4 Å². The second-order valence-electron chi connectivity index (χ2n) is 2.38. The van der Waals surface area contributed by atoms with Crippen molar-refractivity contribution in [2.24, 2.45) is 5.14 Å². The Morgan fingerprint density at radius 3 is 2.36 bits per heavy atom. The van der Waals surface area contributed by atoms with Crippen LogP contribution in [0.1, 0.15) is 10.4 Å². The fourth-order valence-corrected chi connectivity index (χ4v) is 1.37. The summed E-state index contributed by atoms with van der Waals surface area (Å²) in [6.07, 6.45) is 0. The average molecular weight is 265 g/mol. The van der Waals surface area contributed by atoms with E-state index in [2.05, 4.69) is 0 Å². The predicted octanol–water partition coefficient (Wildman–Crippen LogP) is 0.0297. The van der Waals surface area contributed by atoms with Gasteiger partial charge in [0.05, 0.1) is 10.5 Å². The fraction of sp³-hybridized carbons (Fsp3) is 0. The van der Waals surface area contributed by atoms with Crippen molar-refractivity contribution < 1.29 is 35.4 Å². The Hall–Kier alpha value is -0.881. The Balaban J connectivity index is 0.00000169. The Kier molecular flexibility index (Phi) is 4.28. The summed E-state index contributed by atoms with van der Waals surface area (Å²) in [5.41, 5.74) is -0.105. The number of nitrogens with two attached hydrogens (primary N) is 1. The molecule has 0 aliphatic carbocycles. The SMILES string of the molecule is NS(=O)(=O)c1cccc(C(=O)O)c1.[Cu+2]. The number of benzene rings is 1. The van der Waals surface area contributed by atoms with E-state index in [0.29, 0.717) is 0 Å². The second kappa shape index (κ2) is 4.56. The van der Waals surface area contributed by atoms with E-state index in [-0.39, 0.29) is 27.5 Å². The minimum Gasteiger partial charge on any atom is -0.478 e. The molecule has 5 nitrogen and oxygen atoms in total. The van der Waals surface area contributed by atoms with Gasteiger partial charge in [-0.1, -0.05) is 6.07 Å². The number of sulfonamides is 1. The Bertz CT molecular complexity index is 443. The average Bonchev–Trinajstić information content (AvgIpc) is 2.03. The van der Waals surface area contributed by atoms with E-state index in [1.54, 1.807) is 0 Å². The Morgan fingerprint density at radius 2 is 1.93 bits per heavy atom. The van der Waals surface area contributed by atoms with Crippen molar-refractivity contribution in [2.75, 3.05) is 0 Å².